The minimum absolute atomic E-state index is 0.0840. The summed E-state index contributed by atoms with van der Waals surface area (Å²) in [5.41, 5.74) is 2.46. The van der Waals surface area contributed by atoms with E-state index in [2.05, 4.69) is 11.9 Å². The van der Waals surface area contributed by atoms with Crippen LogP contribution in [-0.4, -0.2) is 19.1 Å². The van der Waals surface area contributed by atoms with E-state index in [0.717, 1.165) is 11.1 Å². The first kappa shape index (κ1) is 17.9. The van der Waals surface area contributed by atoms with E-state index in [1.165, 1.54) is 0 Å². The van der Waals surface area contributed by atoms with Gasteiger partial charge in [0.2, 0.25) is 0 Å². The Hall–Kier alpha value is -2.46. The number of rotatable bonds is 7. The van der Waals surface area contributed by atoms with Gasteiger partial charge in [-0.2, -0.15) is 0 Å². The molecule has 1 amide bonds. The van der Waals surface area contributed by atoms with Crippen molar-refractivity contribution in [3.63, 3.8) is 0 Å². The van der Waals surface area contributed by atoms with Gasteiger partial charge in [-0.25, -0.2) is 0 Å². The molecule has 0 spiro atoms. The number of halogens is 1. The molecule has 0 aliphatic heterocycles. The Morgan fingerprint density at radius 3 is 2.67 bits per heavy atom. The third-order valence-corrected chi connectivity index (χ3v) is 3.33. The van der Waals surface area contributed by atoms with Crippen LogP contribution in [0.3, 0.4) is 0 Å². The fraction of sp³-hybridized carbons (Fsp3) is 0.211. The maximum Gasteiger partial charge on any atom is 0.262 e. The molecule has 0 fully saturated rings. The molecule has 0 saturated heterocycles. The van der Waals surface area contributed by atoms with Crippen LogP contribution in [0, 0.1) is 6.92 Å². The van der Waals surface area contributed by atoms with Gasteiger partial charge in [0, 0.05) is 16.8 Å². The molecule has 2 rings (SSSR count). The van der Waals surface area contributed by atoms with Crippen LogP contribution in [0.1, 0.15) is 12.5 Å². The van der Waals surface area contributed by atoms with Crippen molar-refractivity contribution in [3.8, 4) is 11.5 Å². The highest BCUT2D eigenvalue weighted by Gasteiger charge is 2.07. The van der Waals surface area contributed by atoms with Crippen molar-refractivity contribution in [2.75, 3.05) is 18.5 Å². The van der Waals surface area contributed by atoms with E-state index in [-0.39, 0.29) is 12.5 Å². The van der Waals surface area contributed by atoms with Crippen LogP contribution >= 0.6 is 11.6 Å². The summed E-state index contributed by atoms with van der Waals surface area (Å²) in [6, 6.07) is 12.5. The predicted octanol–water partition coefficient (Wildman–Crippen LogP) is 4.62. The summed E-state index contributed by atoms with van der Waals surface area (Å²) in [7, 11) is 0. The summed E-state index contributed by atoms with van der Waals surface area (Å²) >= 11 is 5.89. The van der Waals surface area contributed by atoms with Gasteiger partial charge in [-0.05, 0) is 55.3 Å². The number of carbonyl (C=O) groups is 1. The minimum atomic E-state index is -0.249. The lowest BCUT2D eigenvalue weighted by atomic mass is 10.2. The highest BCUT2D eigenvalue weighted by Crippen LogP contribution is 2.22. The van der Waals surface area contributed by atoms with E-state index in [9.17, 15) is 4.79 Å². The molecule has 0 bridgehead atoms. The van der Waals surface area contributed by atoms with Gasteiger partial charge in [-0.15, -0.1) is 0 Å². The monoisotopic (exact) mass is 345 g/mol. The topological polar surface area (TPSA) is 47.6 Å². The lowest BCUT2D eigenvalue weighted by Crippen LogP contribution is -2.20. The van der Waals surface area contributed by atoms with Gasteiger partial charge in [0.1, 0.15) is 18.1 Å². The molecule has 5 heteroatoms. The van der Waals surface area contributed by atoms with Crippen molar-refractivity contribution in [3.05, 3.63) is 65.2 Å². The van der Waals surface area contributed by atoms with Crippen molar-refractivity contribution in [2.45, 2.75) is 13.8 Å². The molecule has 1 N–H and O–H groups in total. The van der Waals surface area contributed by atoms with Crippen molar-refractivity contribution >= 4 is 23.2 Å². The summed E-state index contributed by atoms with van der Waals surface area (Å²) < 4.78 is 11.1. The number of aryl methyl sites for hydroxylation is 1. The fourth-order valence-corrected chi connectivity index (χ4v) is 2.21. The molecule has 24 heavy (non-hydrogen) atoms. The molecular weight excluding hydrogens is 326 g/mol. The Morgan fingerprint density at radius 2 is 1.96 bits per heavy atom. The molecular formula is C19H20ClNO3. The third kappa shape index (κ3) is 5.63. The minimum Gasteiger partial charge on any atom is -0.489 e. The lowest BCUT2D eigenvalue weighted by molar-refractivity contribution is -0.118. The highest BCUT2D eigenvalue weighted by atomic mass is 35.5. The predicted molar refractivity (Wildman–Crippen MR) is 97.1 cm³/mol. The molecule has 0 saturated carbocycles. The lowest BCUT2D eigenvalue weighted by Gasteiger charge is -2.11. The zero-order valence-electron chi connectivity index (χ0n) is 13.8. The second kappa shape index (κ2) is 8.41. The van der Waals surface area contributed by atoms with Gasteiger partial charge >= 0.3 is 0 Å². The number of benzene rings is 2. The maximum absolute atomic E-state index is 12.0. The van der Waals surface area contributed by atoms with Crippen LogP contribution in [0.15, 0.2) is 54.6 Å². The Kier molecular flexibility index (Phi) is 6.27. The molecule has 0 aromatic heterocycles. The van der Waals surface area contributed by atoms with E-state index >= 15 is 0 Å². The fourth-order valence-electron chi connectivity index (χ4n) is 1.99. The first-order chi connectivity index (χ1) is 11.4. The molecule has 2 aromatic carbocycles. The standard InChI is InChI=1S/C19H20ClNO3/c1-13(2)11-23-17-6-4-5-16(10-17)21-19(22)12-24-18-8-7-15(20)9-14(18)3/h4-10H,1,11-12H2,2-3H3,(H,21,22). The van der Waals surface area contributed by atoms with Crippen LogP contribution in [-0.2, 0) is 4.79 Å². The SMILES string of the molecule is C=C(C)COc1cccc(NC(=O)COc2ccc(Cl)cc2C)c1. The number of ether oxygens (including phenoxy) is 2. The van der Waals surface area contributed by atoms with E-state index in [4.69, 9.17) is 21.1 Å². The van der Waals surface area contributed by atoms with E-state index in [1.807, 2.05) is 26.0 Å². The molecule has 0 heterocycles. The Labute approximate surface area is 147 Å². The zero-order valence-corrected chi connectivity index (χ0v) is 14.5. The summed E-state index contributed by atoms with van der Waals surface area (Å²) in [6.45, 7) is 7.91. The smallest absolute Gasteiger partial charge is 0.262 e. The van der Waals surface area contributed by atoms with Crippen LogP contribution < -0.4 is 14.8 Å². The Bertz CT molecular complexity index is 743. The van der Waals surface area contributed by atoms with E-state index in [0.29, 0.717) is 28.8 Å². The molecule has 126 valence electrons. The first-order valence-corrected chi connectivity index (χ1v) is 7.88. The molecule has 4 nitrogen and oxygen atoms in total. The average molecular weight is 346 g/mol. The second-order valence-electron chi connectivity index (χ2n) is 5.52. The van der Waals surface area contributed by atoms with Crippen molar-refractivity contribution < 1.29 is 14.3 Å². The number of anilines is 1. The van der Waals surface area contributed by atoms with E-state index in [1.54, 1.807) is 30.3 Å². The Morgan fingerprint density at radius 1 is 1.17 bits per heavy atom. The average Bonchev–Trinajstić information content (AvgIpc) is 2.52. The normalized spacial score (nSPS) is 10.1. The number of hydrogen-bond donors (Lipinski definition) is 1. The largest absolute Gasteiger partial charge is 0.489 e. The van der Waals surface area contributed by atoms with Crippen LogP contribution in [0.4, 0.5) is 5.69 Å². The van der Waals surface area contributed by atoms with Gasteiger partial charge in [0.25, 0.3) is 5.91 Å². The molecule has 0 aliphatic rings. The van der Waals surface area contributed by atoms with Gasteiger partial charge in [0.15, 0.2) is 6.61 Å². The molecule has 2 aromatic rings. The van der Waals surface area contributed by atoms with Crippen LogP contribution in [0.5, 0.6) is 11.5 Å². The van der Waals surface area contributed by atoms with Gasteiger partial charge in [0.05, 0.1) is 0 Å². The van der Waals surface area contributed by atoms with Crippen molar-refractivity contribution in [1.82, 2.24) is 0 Å². The van der Waals surface area contributed by atoms with Crippen LogP contribution in [0.2, 0.25) is 5.02 Å². The van der Waals surface area contributed by atoms with Gasteiger partial charge in [-0.1, -0.05) is 24.2 Å². The Balaban J connectivity index is 1.90. The molecule has 0 radical (unpaired) electrons. The highest BCUT2D eigenvalue weighted by molar-refractivity contribution is 6.30. The third-order valence-electron chi connectivity index (χ3n) is 3.10. The number of carbonyl (C=O) groups excluding carboxylic acids is 1. The zero-order chi connectivity index (χ0) is 17.5. The van der Waals surface area contributed by atoms with Crippen molar-refractivity contribution in [1.29, 1.82) is 0 Å². The number of nitrogens with one attached hydrogen (secondary N) is 1. The molecule has 0 aliphatic carbocycles. The quantitative estimate of drug-likeness (QED) is 0.745. The molecule has 0 unspecified atom stereocenters. The summed E-state index contributed by atoms with van der Waals surface area (Å²) in [6.07, 6.45) is 0. The first-order valence-electron chi connectivity index (χ1n) is 7.50. The van der Waals surface area contributed by atoms with Gasteiger partial charge < -0.3 is 14.8 Å². The van der Waals surface area contributed by atoms with Crippen molar-refractivity contribution in [2.24, 2.45) is 0 Å². The van der Waals surface area contributed by atoms with Gasteiger partial charge in [-0.3, -0.25) is 4.79 Å². The maximum atomic E-state index is 12.0. The molecule has 0 atom stereocenters. The summed E-state index contributed by atoms with van der Waals surface area (Å²) in [5.74, 6) is 1.06. The summed E-state index contributed by atoms with van der Waals surface area (Å²) in [5, 5.41) is 3.41. The van der Waals surface area contributed by atoms with Crippen LogP contribution in [0.25, 0.3) is 0 Å². The number of hydrogen-bond acceptors (Lipinski definition) is 3. The summed E-state index contributed by atoms with van der Waals surface area (Å²) in [4.78, 5) is 12.0. The second-order valence-corrected chi connectivity index (χ2v) is 5.96. The number of amides is 1. The van der Waals surface area contributed by atoms with E-state index < -0.39 is 0 Å².